The molecule has 1 rings (SSSR count). The third-order valence-electron chi connectivity index (χ3n) is 3.68. The van der Waals surface area contributed by atoms with E-state index in [4.69, 9.17) is 4.74 Å². The minimum atomic E-state index is -3.21. The highest BCUT2D eigenvalue weighted by molar-refractivity contribution is 7.89. The van der Waals surface area contributed by atoms with Gasteiger partial charge in [0.2, 0.25) is 15.9 Å². The third kappa shape index (κ3) is 6.62. The van der Waals surface area contributed by atoms with Crippen molar-refractivity contribution in [2.45, 2.75) is 52.6 Å². The molecule has 1 saturated heterocycles. The number of nitrogens with one attached hydrogen (secondary N) is 1. The summed E-state index contributed by atoms with van der Waals surface area (Å²) in [7, 11) is -3.21. The van der Waals surface area contributed by atoms with Crippen LogP contribution in [0.5, 0.6) is 0 Å². The number of sulfonamides is 1. The lowest BCUT2D eigenvalue weighted by atomic mass is 9.99. The summed E-state index contributed by atoms with van der Waals surface area (Å²) in [5.41, 5.74) is 0. The fraction of sp³-hybridized carbons (Fsp3) is 0.933. The van der Waals surface area contributed by atoms with Crippen molar-refractivity contribution in [3.63, 3.8) is 0 Å². The minimum absolute atomic E-state index is 0.0408. The van der Waals surface area contributed by atoms with Gasteiger partial charge in [0, 0.05) is 26.2 Å². The van der Waals surface area contributed by atoms with E-state index in [1.807, 2.05) is 20.8 Å². The highest BCUT2D eigenvalue weighted by Gasteiger charge is 2.31. The zero-order chi connectivity index (χ0) is 16.6. The fourth-order valence-corrected chi connectivity index (χ4v) is 4.13. The average molecular weight is 334 g/mol. The number of piperidine rings is 1. The summed E-state index contributed by atoms with van der Waals surface area (Å²) in [6, 6.07) is 0. The van der Waals surface area contributed by atoms with Crippen molar-refractivity contribution >= 4 is 15.9 Å². The minimum Gasteiger partial charge on any atom is -0.379 e. The van der Waals surface area contributed by atoms with Gasteiger partial charge in [0.05, 0.1) is 17.8 Å². The Labute approximate surface area is 134 Å². The molecule has 0 spiro atoms. The Balaban J connectivity index is 2.36. The second kappa shape index (κ2) is 9.47. The quantitative estimate of drug-likeness (QED) is 0.646. The van der Waals surface area contributed by atoms with Crippen LogP contribution < -0.4 is 5.32 Å². The number of carbonyl (C=O) groups excluding carboxylic acids is 1. The molecule has 130 valence electrons. The van der Waals surface area contributed by atoms with Crippen LogP contribution >= 0.6 is 0 Å². The molecule has 0 aliphatic carbocycles. The van der Waals surface area contributed by atoms with Gasteiger partial charge in [-0.3, -0.25) is 4.79 Å². The molecule has 7 heteroatoms. The number of rotatable bonds is 9. The first-order valence-electron chi connectivity index (χ1n) is 8.24. The van der Waals surface area contributed by atoms with Crippen LogP contribution in [0.1, 0.15) is 46.5 Å². The number of hydrogen-bond donors (Lipinski definition) is 1. The highest BCUT2D eigenvalue weighted by Crippen LogP contribution is 2.20. The normalized spacial score (nSPS) is 20.3. The van der Waals surface area contributed by atoms with Gasteiger partial charge in [0.1, 0.15) is 0 Å². The van der Waals surface area contributed by atoms with Crippen LogP contribution in [-0.2, 0) is 19.6 Å². The van der Waals surface area contributed by atoms with Gasteiger partial charge in [0.25, 0.3) is 0 Å². The molecule has 6 nitrogen and oxygen atoms in total. The molecule has 1 fully saturated rings. The van der Waals surface area contributed by atoms with Gasteiger partial charge in [-0.2, -0.15) is 0 Å². The van der Waals surface area contributed by atoms with Crippen LogP contribution in [0.2, 0.25) is 0 Å². The molecule has 0 radical (unpaired) electrons. The van der Waals surface area contributed by atoms with Crippen LogP contribution in [0.25, 0.3) is 0 Å². The van der Waals surface area contributed by atoms with Crippen molar-refractivity contribution in [2.24, 2.45) is 5.92 Å². The zero-order valence-corrected chi connectivity index (χ0v) is 14.8. The second-order valence-corrected chi connectivity index (χ2v) is 8.17. The average Bonchev–Trinajstić information content (AvgIpc) is 2.46. The number of amides is 1. The highest BCUT2D eigenvalue weighted by atomic mass is 32.2. The van der Waals surface area contributed by atoms with Crippen LogP contribution in [0.15, 0.2) is 0 Å². The van der Waals surface area contributed by atoms with E-state index in [-0.39, 0.29) is 23.7 Å². The molecule has 1 aliphatic heterocycles. The molecule has 0 aromatic rings. The van der Waals surface area contributed by atoms with E-state index in [1.165, 1.54) is 4.31 Å². The molecule has 0 aromatic heterocycles. The van der Waals surface area contributed by atoms with Crippen LogP contribution in [0.4, 0.5) is 0 Å². The van der Waals surface area contributed by atoms with Crippen LogP contribution in [-0.4, -0.2) is 56.7 Å². The predicted octanol–water partition coefficient (Wildman–Crippen LogP) is 1.37. The molecule has 22 heavy (non-hydrogen) atoms. The number of ether oxygens (including phenoxy) is 1. The van der Waals surface area contributed by atoms with E-state index >= 15 is 0 Å². The monoisotopic (exact) mass is 334 g/mol. The number of carbonyl (C=O) groups is 1. The molecule has 0 aromatic carbocycles. The van der Waals surface area contributed by atoms with Gasteiger partial charge in [-0.25, -0.2) is 12.7 Å². The molecular formula is C15H30N2O4S. The van der Waals surface area contributed by atoms with Crippen LogP contribution in [0, 0.1) is 5.92 Å². The zero-order valence-electron chi connectivity index (χ0n) is 14.0. The Morgan fingerprint density at radius 1 is 1.41 bits per heavy atom. The first-order valence-corrected chi connectivity index (χ1v) is 9.85. The summed E-state index contributed by atoms with van der Waals surface area (Å²) >= 11 is 0. The van der Waals surface area contributed by atoms with Crippen molar-refractivity contribution < 1.29 is 17.9 Å². The maximum absolute atomic E-state index is 12.2. The predicted molar refractivity (Wildman–Crippen MR) is 87.1 cm³/mol. The van der Waals surface area contributed by atoms with Gasteiger partial charge >= 0.3 is 0 Å². The number of hydrogen-bond acceptors (Lipinski definition) is 4. The topological polar surface area (TPSA) is 75.7 Å². The summed E-state index contributed by atoms with van der Waals surface area (Å²) in [4.78, 5) is 12.2. The van der Waals surface area contributed by atoms with Crippen LogP contribution in [0.3, 0.4) is 0 Å². The summed E-state index contributed by atoms with van der Waals surface area (Å²) in [6.45, 7) is 7.86. The molecule has 1 atom stereocenters. The van der Waals surface area contributed by atoms with Crippen molar-refractivity contribution in [1.82, 2.24) is 9.62 Å². The van der Waals surface area contributed by atoms with Crippen molar-refractivity contribution in [3.8, 4) is 0 Å². The van der Waals surface area contributed by atoms with E-state index < -0.39 is 10.0 Å². The third-order valence-corrected chi connectivity index (χ3v) is 5.72. The fourth-order valence-electron chi connectivity index (χ4n) is 2.54. The second-order valence-electron chi connectivity index (χ2n) is 6.08. The Hall–Kier alpha value is -0.660. The lowest BCUT2D eigenvalue weighted by Gasteiger charge is -2.31. The summed E-state index contributed by atoms with van der Waals surface area (Å²) in [5, 5.41) is 2.89. The largest absolute Gasteiger partial charge is 0.379 e. The van der Waals surface area contributed by atoms with Crippen molar-refractivity contribution in [3.05, 3.63) is 0 Å². The SMILES string of the molecule is CCCS(=O)(=O)N1CCC[C@H](C(=O)NCCCOC(C)C)C1. The molecule has 0 unspecified atom stereocenters. The van der Waals surface area contributed by atoms with E-state index in [9.17, 15) is 13.2 Å². The van der Waals surface area contributed by atoms with Crippen molar-refractivity contribution in [1.29, 1.82) is 0 Å². The maximum Gasteiger partial charge on any atom is 0.224 e. The van der Waals surface area contributed by atoms with Gasteiger partial charge < -0.3 is 10.1 Å². The molecule has 1 amide bonds. The van der Waals surface area contributed by atoms with Gasteiger partial charge in [-0.15, -0.1) is 0 Å². The summed E-state index contributed by atoms with van der Waals surface area (Å²) in [5.74, 6) is -0.110. The first-order chi connectivity index (χ1) is 10.4. The Bertz CT molecular complexity index is 437. The van der Waals surface area contributed by atoms with E-state index in [0.717, 1.165) is 19.3 Å². The molecule has 0 bridgehead atoms. The summed E-state index contributed by atoms with van der Waals surface area (Å²) < 4.78 is 31.1. The van der Waals surface area contributed by atoms with Gasteiger partial charge in [-0.1, -0.05) is 6.92 Å². The Morgan fingerprint density at radius 3 is 2.77 bits per heavy atom. The number of nitrogens with zero attached hydrogens (tertiary/aromatic N) is 1. The Kier molecular flexibility index (Phi) is 8.35. The maximum atomic E-state index is 12.2. The van der Waals surface area contributed by atoms with E-state index in [0.29, 0.717) is 32.7 Å². The molecule has 1 N–H and O–H groups in total. The lowest BCUT2D eigenvalue weighted by molar-refractivity contribution is -0.126. The molecule has 0 saturated carbocycles. The standard InChI is InChI=1S/C15H30N2O4S/c1-4-11-22(19,20)17-9-5-7-14(12-17)15(18)16-8-6-10-21-13(2)3/h13-14H,4-12H2,1-3H3,(H,16,18)/t14-/m0/s1. The smallest absolute Gasteiger partial charge is 0.224 e. The lowest BCUT2D eigenvalue weighted by Crippen LogP contribution is -2.46. The molecule has 1 heterocycles. The molecular weight excluding hydrogens is 304 g/mol. The Morgan fingerprint density at radius 2 is 2.14 bits per heavy atom. The summed E-state index contributed by atoms with van der Waals surface area (Å²) in [6.07, 6.45) is 3.08. The van der Waals surface area contributed by atoms with E-state index in [2.05, 4.69) is 5.32 Å². The van der Waals surface area contributed by atoms with Crippen molar-refractivity contribution in [2.75, 3.05) is 32.0 Å². The van der Waals surface area contributed by atoms with E-state index in [1.54, 1.807) is 0 Å². The molecule has 1 aliphatic rings. The first kappa shape index (κ1) is 19.4. The van der Waals surface area contributed by atoms with Gasteiger partial charge in [-0.05, 0) is 39.5 Å². The van der Waals surface area contributed by atoms with Gasteiger partial charge in [0.15, 0.2) is 0 Å².